The summed E-state index contributed by atoms with van der Waals surface area (Å²) in [6.45, 7) is 0. The number of carbonyl (C=O) groups is 1. The molecular weight excluding hydrogens is 322 g/mol. The van der Waals surface area contributed by atoms with E-state index in [2.05, 4.69) is 10.3 Å². The predicted octanol–water partition coefficient (Wildman–Crippen LogP) is 4.63. The predicted molar refractivity (Wildman–Crippen MR) is 97.6 cm³/mol. The molecule has 0 aliphatic heterocycles. The number of nitrogens with one attached hydrogen (secondary N) is 1. The number of halogens is 1. The number of rotatable bonds is 2. The Bertz CT molecular complexity index is 1080. The maximum atomic E-state index is 12.6. The van der Waals surface area contributed by atoms with Crippen molar-refractivity contribution in [3.05, 3.63) is 71.5 Å². The van der Waals surface area contributed by atoms with Crippen LogP contribution in [-0.2, 0) is 7.05 Å². The van der Waals surface area contributed by atoms with Crippen molar-refractivity contribution in [2.45, 2.75) is 0 Å². The second kappa shape index (κ2) is 5.65. The van der Waals surface area contributed by atoms with Crippen LogP contribution in [0.15, 0.2) is 60.8 Å². The Morgan fingerprint density at radius 3 is 2.88 bits per heavy atom. The number of hydrogen-bond donors (Lipinski definition) is 1. The van der Waals surface area contributed by atoms with Crippen molar-refractivity contribution in [1.29, 1.82) is 0 Å². The molecule has 1 amide bonds. The fraction of sp³-hybridized carbons (Fsp3) is 0.0526. The first kappa shape index (κ1) is 14.7. The molecule has 4 aromatic rings. The van der Waals surface area contributed by atoms with Crippen LogP contribution in [0.1, 0.15) is 10.4 Å². The van der Waals surface area contributed by atoms with Crippen molar-refractivity contribution in [2.75, 3.05) is 5.32 Å². The third-order valence-electron chi connectivity index (χ3n) is 4.09. The maximum Gasteiger partial charge on any atom is 0.255 e. The Morgan fingerprint density at radius 1 is 1.12 bits per heavy atom. The SMILES string of the molecule is Cn1ccc2c(NC(=O)c3ccc4nc(Cl)ccc4c3)cccc21. The number of pyridine rings is 1. The quantitative estimate of drug-likeness (QED) is 0.543. The van der Waals surface area contributed by atoms with E-state index in [0.29, 0.717) is 10.7 Å². The maximum absolute atomic E-state index is 12.6. The van der Waals surface area contributed by atoms with Crippen molar-refractivity contribution in [1.82, 2.24) is 9.55 Å². The van der Waals surface area contributed by atoms with Crippen molar-refractivity contribution in [3.63, 3.8) is 0 Å². The molecule has 0 aliphatic rings. The van der Waals surface area contributed by atoms with E-state index in [1.165, 1.54) is 0 Å². The number of aryl methyl sites for hydroxylation is 1. The van der Waals surface area contributed by atoms with E-state index in [0.717, 1.165) is 27.5 Å². The zero-order chi connectivity index (χ0) is 16.7. The number of amides is 1. The second-order valence-electron chi connectivity index (χ2n) is 5.66. The van der Waals surface area contributed by atoms with Gasteiger partial charge in [0, 0.05) is 35.1 Å². The van der Waals surface area contributed by atoms with Crippen LogP contribution in [0.2, 0.25) is 5.15 Å². The van der Waals surface area contributed by atoms with E-state index >= 15 is 0 Å². The Kier molecular flexibility index (Phi) is 3.47. The van der Waals surface area contributed by atoms with Gasteiger partial charge in [0.2, 0.25) is 0 Å². The van der Waals surface area contributed by atoms with Crippen molar-refractivity contribution in [3.8, 4) is 0 Å². The third-order valence-corrected chi connectivity index (χ3v) is 4.30. The average molecular weight is 336 g/mol. The van der Waals surface area contributed by atoms with Gasteiger partial charge in [-0.15, -0.1) is 0 Å². The molecule has 0 aliphatic carbocycles. The number of hydrogen-bond acceptors (Lipinski definition) is 2. The molecule has 0 saturated heterocycles. The van der Waals surface area contributed by atoms with Crippen LogP contribution in [0.3, 0.4) is 0 Å². The topological polar surface area (TPSA) is 46.9 Å². The lowest BCUT2D eigenvalue weighted by atomic mass is 10.1. The summed E-state index contributed by atoms with van der Waals surface area (Å²) in [7, 11) is 1.98. The molecule has 5 heteroatoms. The van der Waals surface area contributed by atoms with E-state index < -0.39 is 0 Å². The van der Waals surface area contributed by atoms with Gasteiger partial charge in [0.25, 0.3) is 5.91 Å². The van der Waals surface area contributed by atoms with Gasteiger partial charge in [0.1, 0.15) is 5.15 Å². The Morgan fingerprint density at radius 2 is 2.00 bits per heavy atom. The summed E-state index contributed by atoms with van der Waals surface area (Å²) < 4.78 is 2.02. The monoisotopic (exact) mass is 335 g/mol. The first-order valence-corrected chi connectivity index (χ1v) is 7.91. The summed E-state index contributed by atoms with van der Waals surface area (Å²) in [6.07, 6.45) is 1.98. The fourth-order valence-corrected chi connectivity index (χ4v) is 3.00. The molecule has 24 heavy (non-hydrogen) atoms. The standard InChI is InChI=1S/C19H14ClN3O/c1-23-10-9-14-16(3-2-4-17(14)23)22-19(24)13-5-7-15-12(11-13)6-8-18(20)21-15/h2-11H,1H3,(H,22,24). The van der Waals surface area contributed by atoms with Gasteiger partial charge in [0.05, 0.1) is 11.2 Å². The number of anilines is 1. The Hall–Kier alpha value is -2.85. The van der Waals surface area contributed by atoms with Crippen LogP contribution >= 0.6 is 11.6 Å². The minimum Gasteiger partial charge on any atom is -0.350 e. The molecule has 4 nitrogen and oxygen atoms in total. The summed E-state index contributed by atoms with van der Waals surface area (Å²) in [5, 5.41) is 5.33. The molecule has 0 saturated carbocycles. The van der Waals surface area contributed by atoms with Crippen LogP contribution in [0.4, 0.5) is 5.69 Å². The average Bonchev–Trinajstić information content (AvgIpc) is 2.97. The van der Waals surface area contributed by atoms with Crippen molar-refractivity contribution < 1.29 is 4.79 Å². The first-order valence-electron chi connectivity index (χ1n) is 7.53. The lowest BCUT2D eigenvalue weighted by Crippen LogP contribution is -2.12. The molecule has 1 N–H and O–H groups in total. The molecule has 0 spiro atoms. The minimum atomic E-state index is -0.150. The molecule has 4 rings (SSSR count). The minimum absolute atomic E-state index is 0.150. The molecule has 118 valence electrons. The third kappa shape index (κ3) is 2.51. The summed E-state index contributed by atoms with van der Waals surface area (Å²) in [5.74, 6) is -0.150. The fourth-order valence-electron chi connectivity index (χ4n) is 2.85. The normalized spacial score (nSPS) is 11.1. The molecular formula is C19H14ClN3O. The van der Waals surface area contributed by atoms with Gasteiger partial charge in [-0.25, -0.2) is 4.98 Å². The number of fused-ring (bicyclic) bond motifs is 2. The lowest BCUT2D eigenvalue weighted by molar-refractivity contribution is 0.102. The second-order valence-corrected chi connectivity index (χ2v) is 6.05. The summed E-state index contributed by atoms with van der Waals surface area (Å²) in [6, 6.07) is 16.8. The van der Waals surface area contributed by atoms with Crippen molar-refractivity contribution in [2.24, 2.45) is 7.05 Å². The van der Waals surface area contributed by atoms with Crippen LogP contribution in [0, 0.1) is 0 Å². The van der Waals surface area contributed by atoms with Crippen LogP contribution in [0.5, 0.6) is 0 Å². The van der Waals surface area contributed by atoms with E-state index in [1.807, 2.05) is 54.2 Å². The highest BCUT2D eigenvalue weighted by Gasteiger charge is 2.10. The summed E-state index contributed by atoms with van der Waals surface area (Å²) in [4.78, 5) is 16.8. The summed E-state index contributed by atoms with van der Waals surface area (Å²) in [5.41, 5.74) is 3.22. The zero-order valence-corrected chi connectivity index (χ0v) is 13.7. The van der Waals surface area contributed by atoms with Gasteiger partial charge < -0.3 is 9.88 Å². The lowest BCUT2D eigenvalue weighted by Gasteiger charge is -2.08. The number of benzene rings is 2. The molecule has 0 atom stereocenters. The molecule has 0 radical (unpaired) electrons. The molecule has 0 fully saturated rings. The highest BCUT2D eigenvalue weighted by Crippen LogP contribution is 2.25. The van der Waals surface area contributed by atoms with Crippen molar-refractivity contribution >= 4 is 45.0 Å². The highest BCUT2D eigenvalue weighted by atomic mass is 35.5. The van der Waals surface area contributed by atoms with Crippen LogP contribution in [0.25, 0.3) is 21.8 Å². The van der Waals surface area contributed by atoms with Gasteiger partial charge in [-0.1, -0.05) is 17.7 Å². The van der Waals surface area contributed by atoms with Gasteiger partial charge in [-0.2, -0.15) is 0 Å². The number of aromatic nitrogens is 2. The van der Waals surface area contributed by atoms with Gasteiger partial charge >= 0.3 is 0 Å². The Labute approximate surface area is 143 Å². The number of nitrogens with zero attached hydrogens (tertiary/aromatic N) is 2. The largest absolute Gasteiger partial charge is 0.350 e. The smallest absolute Gasteiger partial charge is 0.255 e. The molecule has 0 bridgehead atoms. The summed E-state index contributed by atoms with van der Waals surface area (Å²) >= 11 is 5.89. The molecule has 2 aromatic carbocycles. The van der Waals surface area contributed by atoms with E-state index in [1.54, 1.807) is 18.2 Å². The van der Waals surface area contributed by atoms with Gasteiger partial charge in [-0.05, 0) is 48.5 Å². The first-order chi connectivity index (χ1) is 11.6. The molecule has 2 heterocycles. The van der Waals surface area contributed by atoms with E-state index in [9.17, 15) is 4.79 Å². The number of carbonyl (C=O) groups excluding carboxylic acids is 1. The van der Waals surface area contributed by atoms with Crippen LogP contribution in [-0.4, -0.2) is 15.5 Å². The Balaban J connectivity index is 1.69. The molecule has 0 unspecified atom stereocenters. The van der Waals surface area contributed by atoms with Crippen LogP contribution < -0.4 is 5.32 Å². The van der Waals surface area contributed by atoms with Gasteiger partial charge in [-0.3, -0.25) is 4.79 Å². The van der Waals surface area contributed by atoms with E-state index in [4.69, 9.17) is 11.6 Å². The highest BCUT2D eigenvalue weighted by molar-refractivity contribution is 6.29. The molecule has 2 aromatic heterocycles. The zero-order valence-electron chi connectivity index (χ0n) is 13.0. The van der Waals surface area contributed by atoms with E-state index in [-0.39, 0.29) is 5.91 Å². The van der Waals surface area contributed by atoms with Gasteiger partial charge in [0.15, 0.2) is 0 Å².